The summed E-state index contributed by atoms with van der Waals surface area (Å²) in [6.07, 6.45) is 0.305. The van der Waals surface area contributed by atoms with Gasteiger partial charge in [-0.15, -0.1) is 0 Å². The summed E-state index contributed by atoms with van der Waals surface area (Å²) in [6.45, 7) is 6.61. The van der Waals surface area contributed by atoms with Crippen LogP contribution in [-0.4, -0.2) is 69.6 Å². The van der Waals surface area contributed by atoms with Crippen molar-refractivity contribution in [1.29, 1.82) is 0 Å². The van der Waals surface area contributed by atoms with Gasteiger partial charge in [0.15, 0.2) is 11.4 Å². The van der Waals surface area contributed by atoms with Gasteiger partial charge in [-0.2, -0.15) is 5.10 Å². The number of aryl methyl sites for hydroxylation is 1. The van der Waals surface area contributed by atoms with Gasteiger partial charge in [0.1, 0.15) is 6.54 Å². The first-order chi connectivity index (χ1) is 11.2. The van der Waals surface area contributed by atoms with E-state index in [1.165, 1.54) is 11.8 Å². The molecule has 1 atom stereocenters. The van der Waals surface area contributed by atoms with Gasteiger partial charge in [-0.25, -0.2) is 4.79 Å². The van der Waals surface area contributed by atoms with Gasteiger partial charge in [0.25, 0.3) is 0 Å². The van der Waals surface area contributed by atoms with E-state index in [4.69, 9.17) is 4.74 Å². The minimum Gasteiger partial charge on any atom is -0.439 e. The van der Waals surface area contributed by atoms with Crippen LogP contribution in [-0.2, 0) is 16.1 Å². The van der Waals surface area contributed by atoms with Crippen molar-refractivity contribution >= 4 is 17.8 Å². The molecule has 3 heterocycles. The molecule has 0 aliphatic carbocycles. The fourth-order valence-corrected chi connectivity index (χ4v) is 3.65. The summed E-state index contributed by atoms with van der Waals surface area (Å²) >= 11 is 0. The second kappa shape index (κ2) is 5.61. The molecular weight excluding hydrogens is 312 g/mol. The Kier molecular flexibility index (Phi) is 3.85. The van der Waals surface area contributed by atoms with Gasteiger partial charge in [-0.1, -0.05) is 0 Å². The third-order valence-corrected chi connectivity index (χ3v) is 4.83. The highest BCUT2D eigenvalue weighted by atomic mass is 16.6. The summed E-state index contributed by atoms with van der Waals surface area (Å²) in [6, 6.07) is 0. The molecule has 1 unspecified atom stereocenters. The number of likely N-dealkylation sites (tertiary alicyclic amines) is 1. The van der Waals surface area contributed by atoms with Crippen molar-refractivity contribution in [3.63, 3.8) is 0 Å². The van der Waals surface area contributed by atoms with E-state index in [0.29, 0.717) is 43.0 Å². The van der Waals surface area contributed by atoms with Crippen molar-refractivity contribution in [3.05, 3.63) is 17.0 Å². The van der Waals surface area contributed by atoms with Crippen LogP contribution in [0.2, 0.25) is 0 Å². The number of aromatic nitrogens is 2. The zero-order chi connectivity index (χ0) is 17.6. The molecule has 1 aromatic rings. The lowest BCUT2D eigenvalue weighted by atomic mass is 10.0. The predicted octanol–water partition coefficient (Wildman–Crippen LogP) is 0.756. The van der Waals surface area contributed by atoms with Gasteiger partial charge >= 0.3 is 6.09 Å². The predicted molar refractivity (Wildman–Crippen MR) is 84.7 cm³/mol. The number of nitrogens with zero attached hydrogens (tertiary/aromatic N) is 4. The van der Waals surface area contributed by atoms with Crippen LogP contribution in [0.5, 0.6) is 0 Å². The molecule has 0 N–H and O–H groups in total. The molecule has 1 aromatic heterocycles. The fourth-order valence-electron chi connectivity index (χ4n) is 3.65. The maximum atomic E-state index is 12.6. The summed E-state index contributed by atoms with van der Waals surface area (Å²) in [5.74, 6) is -0.136. The molecular formula is C16H22N4O4. The molecule has 3 rings (SSSR count). The zero-order valence-electron chi connectivity index (χ0n) is 14.5. The molecule has 0 radical (unpaired) electrons. The van der Waals surface area contributed by atoms with Gasteiger partial charge in [0, 0.05) is 25.7 Å². The Bertz CT molecular complexity index is 726. The summed E-state index contributed by atoms with van der Waals surface area (Å²) in [5, 5.41) is 4.31. The molecule has 1 spiro atoms. The second-order valence-corrected chi connectivity index (χ2v) is 6.73. The first kappa shape index (κ1) is 16.5. The van der Waals surface area contributed by atoms with Crippen molar-refractivity contribution in [2.24, 2.45) is 0 Å². The highest BCUT2D eigenvalue weighted by molar-refractivity contribution is 5.96. The number of Topliss-reactive ketones (excluding diaryl/α,β-unsaturated/α-hetero) is 1. The van der Waals surface area contributed by atoms with Crippen LogP contribution < -0.4 is 0 Å². The molecule has 0 saturated carbocycles. The number of ether oxygens (including phenoxy) is 1. The minimum atomic E-state index is -0.582. The molecule has 8 heteroatoms. The van der Waals surface area contributed by atoms with Gasteiger partial charge in [0.2, 0.25) is 5.91 Å². The van der Waals surface area contributed by atoms with Crippen LogP contribution in [0.1, 0.15) is 35.1 Å². The van der Waals surface area contributed by atoms with Gasteiger partial charge in [0.05, 0.1) is 24.3 Å². The minimum absolute atomic E-state index is 0.0512. The molecule has 0 aromatic carbocycles. The average molecular weight is 334 g/mol. The normalized spacial score (nSPS) is 23.2. The van der Waals surface area contributed by atoms with E-state index in [2.05, 4.69) is 5.10 Å². The second-order valence-electron chi connectivity index (χ2n) is 6.73. The first-order valence-corrected chi connectivity index (χ1v) is 7.99. The van der Waals surface area contributed by atoms with E-state index in [1.54, 1.807) is 30.5 Å². The smallest absolute Gasteiger partial charge is 0.410 e. The Hall–Kier alpha value is -2.38. The SMILES string of the molecule is CC(=O)c1c(C)nn(CC(=O)N2CCC3(CN(C)C(=O)O3)C2)c1C. The Labute approximate surface area is 140 Å². The molecule has 2 amide bonds. The third kappa shape index (κ3) is 2.65. The van der Waals surface area contributed by atoms with Crippen LogP contribution >= 0.6 is 0 Å². The van der Waals surface area contributed by atoms with E-state index < -0.39 is 5.60 Å². The van der Waals surface area contributed by atoms with Gasteiger partial charge in [-0.3, -0.25) is 14.3 Å². The Balaban J connectivity index is 1.70. The lowest BCUT2D eigenvalue weighted by Gasteiger charge is -2.22. The first-order valence-electron chi connectivity index (χ1n) is 7.99. The fraction of sp³-hybridized carbons (Fsp3) is 0.625. The van der Waals surface area contributed by atoms with Gasteiger partial charge in [-0.05, 0) is 20.8 Å². The van der Waals surface area contributed by atoms with E-state index >= 15 is 0 Å². The highest BCUT2D eigenvalue weighted by Gasteiger charge is 2.49. The molecule has 2 aliphatic rings. The van der Waals surface area contributed by atoms with Crippen LogP contribution in [0.25, 0.3) is 0 Å². The van der Waals surface area contributed by atoms with E-state index in [-0.39, 0.29) is 24.3 Å². The molecule has 0 bridgehead atoms. The summed E-state index contributed by atoms with van der Waals surface area (Å²) in [5.41, 5.74) is 1.33. The number of rotatable bonds is 3. The van der Waals surface area contributed by atoms with Crippen molar-refractivity contribution in [1.82, 2.24) is 19.6 Å². The van der Waals surface area contributed by atoms with Gasteiger partial charge < -0.3 is 14.5 Å². The maximum Gasteiger partial charge on any atom is 0.410 e. The number of amides is 2. The van der Waals surface area contributed by atoms with Crippen LogP contribution in [0.3, 0.4) is 0 Å². The molecule has 8 nitrogen and oxygen atoms in total. The van der Waals surface area contributed by atoms with Crippen molar-refractivity contribution in [3.8, 4) is 0 Å². The summed E-state index contributed by atoms with van der Waals surface area (Å²) in [7, 11) is 1.70. The van der Waals surface area contributed by atoms with E-state index in [1.807, 2.05) is 0 Å². The van der Waals surface area contributed by atoms with Crippen molar-refractivity contribution in [2.75, 3.05) is 26.7 Å². The quantitative estimate of drug-likeness (QED) is 0.762. The van der Waals surface area contributed by atoms with Crippen molar-refractivity contribution < 1.29 is 19.1 Å². The van der Waals surface area contributed by atoms with Crippen molar-refractivity contribution in [2.45, 2.75) is 39.3 Å². The van der Waals surface area contributed by atoms with Crippen LogP contribution in [0.15, 0.2) is 0 Å². The summed E-state index contributed by atoms with van der Waals surface area (Å²) in [4.78, 5) is 39.1. The summed E-state index contributed by atoms with van der Waals surface area (Å²) < 4.78 is 7.03. The Morgan fingerprint density at radius 1 is 1.29 bits per heavy atom. The van der Waals surface area contributed by atoms with Crippen LogP contribution in [0, 0.1) is 13.8 Å². The topological polar surface area (TPSA) is 84.7 Å². The standard InChI is InChI=1S/C16H22N4O4/c1-10-14(12(3)21)11(2)20(17-10)7-13(22)19-6-5-16(9-19)8-18(4)15(23)24-16/h5-9H2,1-4H3. The van der Waals surface area contributed by atoms with E-state index in [9.17, 15) is 14.4 Å². The number of carbonyl (C=O) groups excluding carboxylic acids is 3. The number of carbonyl (C=O) groups is 3. The molecule has 2 aliphatic heterocycles. The zero-order valence-corrected chi connectivity index (χ0v) is 14.5. The molecule has 2 saturated heterocycles. The molecule has 130 valence electrons. The number of likely N-dealkylation sites (N-methyl/N-ethyl adjacent to an activating group) is 1. The number of ketones is 1. The number of hydrogen-bond donors (Lipinski definition) is 0. The molecule has 2 fully saturated rings. The lowest BCUT2D eigenvalue weighted by molar-refractivity contribution is -0.131. The maximum absolute atomic E-state index is 12.6. The third-order valence-electron chi connectivity index (χ3n) is 4.83. The monoisotopic (exact) mass is 334 g/mol. The Morgan fingerprint density at radius 3 is 2.54 bits per heavy atom. The highest BCUT2D eigenvalue weighted by Crippen LogP contribution is 2.31. The van der Waals surface area contributed by atoms with E-state index in [0.717, 1.165) is 0 Å². The molecule has 24 heavy (non-hydrogen) atoms. The lowest BCUT2D eigenvalue weighted by Crippen LogP contribution is -2.40. The number of hydrogen-bond acceptors (Lipinski definition) is 5. The largest absolute Gasteiger partial charge is 0.439 e. The Morgan fingerprint density at radius 2 is 2.00 bits per heavy atom. The average Bonchev–Trinajstić information content (AvgIpc) is 3.09. The van der Waals surface area contributed by atoms with Crippen LogP contribution in [0.4, 0.5) is 4.79 Å².